The molecule has 0 aliphatic carbocycles. The molecule has 2 fully saturated rings. The van der Waals surface area contributed by atoms with E-state index in [2.05, 4.69) is 10.2 Å². The van der Waals surface area contributed by atoms with E-state index < -0.39 is 0 Å². The predicted molar refractivity (Wildman–Crippen MR) is 117 cm³/mol. The molecule has 7 heteroatoms. The van der Waals surface area contributed by atoms with Gasteiger partial charge in [-0.2, -0.15) is 0 Å². The molecule has 3 heterocycles. The summed E-state index contributed by atoms with van der Waals surface area (Å²) in [5.74, 6) is -0.263. The summed E-state index contributed by atoms with van der Waals surface area (Å²) >= 11 is 0. The number of nitrogens with zero attached hydrogens (tertiary/aromatic N) is 2. The number of hydrogen-bond donors (Lipinski definition) is 1. The average molecular weight is 438 g/mol. The highest BCUT2D eigenvalue weighted by molar-refractivity contribution is 5.99. The number of carbonyl (C=O) groups is 2. The highest BCUT2D eigenvalue weighted by atomic mass is 19.1. The van der Waals surface area contributed by atoms with Gasteiger partial charge in [-0.05, 0) is 42.2 Å². The maximum Gasteiger partial charge on any atom is 0.252 e. The molecule has 1 N–H and O–H groups in total. The Hall–Kier alpha value is -2.77. The fraction of sp³-hybridized carbons (Fsp3) is 0.440. The molecule has 6 nitrogen and oxygen atoms in total. The first-order valence-corrected chi connectivity index (χ1v) is 11.3. The largest absolute Gasteiger partial charge is 0.371 e. The standard InChI is InChI=1S/C25H28FN3O3/c26-19-7-5-18(6-8-19)16-28-11-9-25(10-12-28)17-29(13-14-32-25)23(30)15-22-20-3-1-2-4-21(20)24(31)27-22/h1-8,22H,9-17H2,(H,27,31). The lowest BCUT2D eigenvalue weighted by atomic mass is 9.88. The first kappa shape index (κ1) is 21.1. The van der Waals surface area contributed by atoms with Crippen molar-refractivity contribution in [3.05, 3.63) is 71.0 Å². The number of morpholine rings is 1. The van der Waals surface area contributed by atoms with Crippen molar-refractivity contribution < 1.29 is 18.7 Å². The molecule has 1 atom stereocenters. The number of carbonyl (C=O) groups excluding carboxylic acids is 2. The minimum Gasteiger partial charge on any atom is -0.371 e. The van der Waals surface area contributed by atoms with Gasteiger partial charge in [0, 0.05) is 38.3 Å². The van der Waals surface area contributed by atoms with Gasteiger partial charge < -0.3 is 15.0 Å². The quantitative estimate of drug-likeness (QED) is 0.799. The SMILES string of the molecule is O=C1NC(CC(=O)N2CCOC3(CCN(Cc4ccc(F)cc4)CC3)C2)c2ccccc21. The van der Waals surface area contributed by atoms with Crippen molar-refractivity contribution in [2.45, 2.75) is 37.5 Å². The van der Waals surface area contributed by atoms with Gasteiger partial charge in [0.2, 0.25) is 5.91 Å². The lowest BCUT2D eigenvalue weighted by molar-refractivity contribution is -0.160. The number of ether oxygens (including phenoxy) is 1. The Morgan fingerprint density at radius 1 is 1.09 bits per heavy atom. The van der Waals surface area contributed by atoms with Crippen LogP contribution in [0.5, 0.6) is 0 Å². The maximum absolute atomic E-state index is 13.1. The van der Waals surface area contributed by atoms with Gasteiger partial charge in [-0.3, -0.25) is 14.5 Å². The molecule has 1 spiro atoms. The second-order valence-electron chi connectivity index (χ2n) is 9.07. The molecule has 1 unspecified atom stereocenters. The van der Waals surface area contributed by atoms with Crippen molar-refractivity contribution in [2.75, 3.05) is 32.8 Å². The summed E-state index contributed by atoms with van der Waals surface area (Å²) in [7, 11) is 0. The molecular formula is C25H28FN3O3. The summed E-state index contributed by atoms with van der Waals surface area (Å²) in [6.45, 7) is 4.27. The first-order valence-electron chi connectivity index (χ1n) is 11.3. The molecule has 0 bridgehead atoms. The van der Waals surface area contributed by atoms with Crippen LogP contribution in [-0.2, 0) is 16.1 Å². The third-order valence-corrected chi connectivity index (χ3v) is 6.95. The van der Waals surface area contributed by atoms with Crippen LogP contribution < -0.4 is 5.32 Å². The molecule has 3 aliphatic heterocycles. The van der Waals surface area contributed by atoms with E-state index in [1.54, 1.807) is 6.07 Å². The van der Waals surface area contributed by atoms with Crippen molar-refractivity contribution in [2.24, 2.45) is 0 Å². The highest BCUT2D eigenvalue weighted by Crippen LogP contribution is 2.33. The molecular weight excluding hydrogens is 409 g/mol. The molecule has 0 saturated carbocycles. The van der Waals surface area contributed by atoms with Crippen LogP contribution in [-0.4, -0.2) is 60.0 Å². The second-order valence-corrected chi connectivity index (χ2v) is 9.07. The molecule has 32 heavy (non-hydrogen) atoms. The lowest BCUT2D eigenvalue weighted by Crippen LogP contribution is -2.58. The van der Waals surface area contributed by atoms with Crippen molar-refractivity contribution in [3.8, 4) is 0 Å². The number of halogens is 1. The highest BCUT2D eigenvalue weighted by Gasteiger charge is 2.41. The van der Waals surface area contributed by atoms with Crippen molar-refractivity contribution in [1.29, 1.82) is 0 Å². The van der Waals surface area contributed by atoms with Gasteiger partial charge in [0.05, 0.1) is 24.7 Å². The Balaban J connectivity index is 1.17. The van der Waals surface area contributed by atoms with Crippen LogP contribution in [0, 0.1) is 5.82 Å². The van der Waals surface area contributed by atoms with E-state index in [1.165, 1.54) is 12.1 Å². The van der Waals surface area contributed by atoms with Crippen molar-refractivity contribution >= 4 is 11.8 Å². The number of piperidine rings is 1. The second kappa shape index (κ2) is 8.64. The van der Waals surface area contributed by atoms with E-state index in [4.69, 9.17) is 4.74 Å². The topological polar surface area (TPSA) is 61.9 Å². The van der Waals surface area contributed by atoms with E-state index in [9.17, 15) is 14.0 Å². The van der Waals surface area contributed by atoms with Crippen LogP contribution >= 0.6 is 0 Å². The first-order chi connectivity index (χ1) is 15.5. The van der Waals surface area contributed by atoms with E-state index >= 15 is 0 Å². The lowest BCUT2D eigenvalue weighted by Gasteiger charge is -2.47. The minimum atomic E-state index is -0.302. The normalized spacial score (nSPS) is 22.6. The van der Waals surface area contributed by atoms with Crippen LogP contribution in [0.2, 0.25) is 0 Å². The molecule has 2 amide bonds. The summed E-state index contributed by atoms with van der Waals surface area (Å²) < 4.78 is 19.3. The van der Waals surface area contributed by atoms with E-state index in [0.29, 0.717) is 25.3 Å². The van der Waals surface area contributed by atoms with Crippen LogP contribution in [0.1, 0.15) is 46.8 Å². The molecule has 0 aromatic heterocycles. The van der Waals surface area contributed by atoms with Crippen LogP contribution in [0.4, 0.5) is 4.39 Å². The molecule has 5 rings (SSSR count). The van der Waals surface area contributed by atoms with Gasteiger partial charge in [0.1, 0.15) is 5.82 Å². The van der Waals surface area contributed by atoms with Gasteiger partial charge in [0.25, 0.3) is 5.91 Å². The molecule has 0 radical (unpaired) electrons. The minimum absolute atomic E-state index is 0.0587. The smallest absolute Gasteiger partial charge is 0.252 e. The third-order valence-electron chi connectivity index (χ3n) is 6.95. The van der Waals surface area contributed by atoms with Gasteiger partial charge >= 0.3 is 0 Å². The third kappa shape index (κ3) is 4.27. The average Bonchev–Trinajstić information content (AvgIpc) is 3.12. The Kier molecular flexibility index (Phi) is 5.69. The van der Waals surface area contributed by atoms with Gasteiger partial charge in [-0.1, -0.05) is 30.3 Å². The maximum atomic E-state index is 13.1. The fourth-order valence-electron chi connectivity index (χ4n) is 5.11. The van der Waals surface area contributed by atoms with E-state index in [-0.39, 0.29) is 35.7 Å². The monoisotopic (exact) mass is 437 g/mol. The number of fused-ring (bicyclic) bond motifs is 1. The van der Waals surface area contributed by atoms with Crippen LogP contribution in [0.25, 0.3) is 0 Å². The molecule has 3 aliphatic rings. The molecule has 2 aromatic rings. The number of amides is 2. The number of hydrogen-bond acceptors (Lipinski definition) is 4. The molecule has 2 aromatic carbocycles. The Morgan fingerprint density at radius 3 is 2.62 bits per heavy atom. The zero-order valence-corrected chi connectivity index (χ0v) is 18.1. The number of nitrogens with one attached hydrogen (secondary N) is 1. The summed E-state index contributed by atoms with van der Waals surface area (Å²) in [4.78, 5) is 29.5. The van der Waals surface area contributed by atoms with E-state index in [0.717, 1.165) is 43.6 Å². The predicted octanol–water partition coefficient (Wildman–Crippen LogP) is 2.89. The Morgan fingerprint density at radius 2 is 1.84 bits per heavy atom. The summed E-state index contributed by atoms with van der Waals surface area (Å²) in [5.41, 5.74) is 2.37. The zero-order valence-electron chi connectivity index (χ0n) is 18.1. The summed E-state index contributed by atoms with van der Waals surface area (Å²) in [6.07, 6.45) is 2.00. The van der Waals surface area contributed by atoms with Crippen LogP contribution in [0.3, 0.4) is 0 Å². The number of likely N-dealkylation sites (tertiary alicyclic amines) is 1. The van der Waals surface area contributed by atoms with Crippen molar-refractivity contribution in [1.82, 2.24) is 15.1 Å². The molecule has 2 saturated heterocycles. The van der Waals surface area contributed by atoms with Crippen LogP contribution in [0.15, 0.2) is 48.5 Å². The van der Waals surface area contributed by atoms with Gasteiger partial charge in [-0.25, -0.2) is 4.39 Å². The molecule has 168 valence electrons. The van der Waals surface area contributed by atoms with Crippen molar-refractivity contribution in [3.63, 3.8) is 0 Å². The van der Waals surface area contributed by atoms with E-state index in [1.807, 2.05) is 35.2 Å². The number of rotatable bonds is 4. The van der Waals surface area contributed by atoms with Gasteiger partial charge in [0.15, 0.2) is 0 Å². The summed E-state index contributed by atoms with van der Waals surface area (Å²) in [6, 6.07) is 13.9. The fourth-order valence-corrected chi connectivity index (χ4v) is 5.11. The zero-order chi connectivity index (χ0) is 22.1. The van der Waals surface area contributed by atoms with Gasteiger partial charge in [-0.15, -0.1) is 0 Å². The Labute approximate surface area is 187 Å². The Bertz CT molecular complexity index is 1000. The summed E-state index contributed by atoms with van der Waals surface area (Å²) in [5, 5.41) is 2.94. The number of benzene rings is 2.